The zero-order chi connectivity index (χ0) is 20.9. The van der Waals surface area contributed by atoms with E-state index in [1.54, 1.807) is 12.1 Å². The van der Waals surface area contributed by atoms with Crippen LogP contribution in [0.3, 0.4) is 0 Å². The molecule has 7 heteroatoms. The van der Waals surface area contributed by atoms with Gasteiger partial charge in [-0.1, -0.05) is 39.8 Å². The molecule has 1 fully saturated rings. The summed E-state index contributed by atoms with van der Waals surface area (Å²) in [5, 5.41) is 15.0. The smallest absolute Gasteiger partial charge is 0.317 e. The Kier molecular flexibility index (Phi) is 7.41. The lowest BCUT2D eigenvalue weighted by molar-refractivity contribution is -0.139. The van der Waals surface area contributed by atoms with E-state index in [0.29, 0.717) is 6.54 Å². The molecule has 0 aromatic heterocycles. The third-order valence-electron chi connectivity index (χ3n) is 5.10. The van der Waals surface area contributed by atoms with Crippen LogP contribution in [0.15, 0.2) is 24.3 Å². The first-order chi connectivity index (χ1) is 13.1. The molecule has 0 bridgehead atoms. The van der Waals surface area contributed by atoms with E-state index >= 15 is 0 Å². The number of hydrogen-bond acceptors (Lipinski definition) is 3. The van der Waals surface area contributed by atoms with Crippen molar-refractivity contribution in [3.8, 4) is 0 Å². The summed E-state index contributed by atoms with van der Waals surface area (Å²) in [4.78, 5) is 25.3. The molecule has 1 aliphatic carbocycles. The number of amides is 2. The Balaban J connectivity index is 1.90. The fourth-order valence-corrected chi connectivity index (χ4v) is 3.62. The van der Waals surface area contributed by atoms with E-state index in [9.17, 15) is 14.0 Å². The molecule has 0 spiro atoms. The lowest BCUT2D eigenvalue weighted by Crippen LogP contribution is -2.56. The minimum atomic E-state index is -0.833. The SMILES string of the molecule is CCN(CC(=O)O)C1CC(NC(=O)NC(CC(C)(C)C)c2ccc(F)cc2)C1. The number of halogens is 1. The number of carbonyl (C=O) groups is 2. The van der Waals surface area contributed by atoms with Gasteiger partial charge < -0.3 is 15.7 Å². The fraction of sp³-hybridized carbons (Fsp3) is 0.619. The molecule has 1 aromatic rings. The van der Waals surface area contributed by atoms with E-state index in [1.807, 2.05) is 11.8 Å². The molecule has 1 unspecified atom stereocenters. The fourth-order valence-electron chi connectivity index (χ4n) is 3.62. The monoisotopic (exact) mass is 393 g/mol. The zero-order valence-electron chi connectivity index (χ0n) is 17.2. The Morgan fingerprint density at radius 3 is 2.36 bits per heavy atom. The number of carboxylic acid groups (broad SMARTS) is 1. The van der Waals surface area contributed by atoms with Gasteiger partial charge in [-0.15, -0.1) is 0 Å². The van der Waals surface area contributed by atoms with Crippen LogP contribution in [0, 0.1) is 11.2 Å². The number of benzene rings is 1. The molecule has 156 valence electrons. The summed E-state index contributed by atoms with van der Waals surface area (Å²) in [7, 11) is 0. The molecule has 28 heavy (non-hydrogen) atoms. The van der Waals surface area contributed by atoms with Gasteiger partial charge >= 0.3 is 12.0 Å². The van der Waals surface area contributed by atoms with Crippen molar-refractivity contribution in [3.05, 3.63) is 35.6 Å². The third-order valence-corrected chi connectivity index (χ3v) is 5.10. The molecule has 0 aliphatic heterocycles. The summed E-state index contributed by atoms with van der Waals surface area (Å²) < 4.78 is 13.2. The maximum Gasteiger partial charge on any atom is 0.317 e. The van der Waals surface area contributed by atoms with E-state index in [-0.39, 0.29) is 41.9 Å². The molecule has 1 atom stereocenters. The van der Waals surface area contributed by atoms with Crippen LogP contribution in [0.1, 0.15) is 58.6 Å². The molecule has 1 aromatic carbocycles. The Morgan fingerprint density at radius 2 is 1.86 bits per heavy atom. The van der Waals surface area contributed by atoms with E-state index in [2.05, 4.69) is 31.4 Å². The van der Waals surface area contributed by atoms with Crippen LogP contribution in [-0.4, -0.2) is 47.2 Å². The van der Waals surface area contributed by atoms with Crippen molar-refractivity contribution in [3.63, 3.8) is 0 Å². The van der Waals surface area contributed by atoms with Crippen LogP contribution in [0.5, 0.6) is 0 Å². The van der Waals surface area contributed by atoms with Gasteiger partial charge in [-0.05, 0) is 48.9 Å². The molecule has 0 radical (unpaired) electrons. The van der Waals surface area contributed by atoms with Crippen LogP contribution in [0.2, 0.25) is 0 Å². The Morgan fingerprint density at radius 1 is 1.25 bits per heavy atom. The number of carbonyl (C=O) groups excluding carboxylic acids is 1. The molecular formula is C21H32FN3O3. The molecule has 0 saturated heterocycles. The first-order valence-corrected chi connectivity index (χ1v) is 9.85. The molecule has 1 saturated carbocycles. The molecule has 3 N–H and O–H groups in total. The van der Waals surface area contributed by atoms with Crippen LogP contribution in [-0.2, 0) is 4.79 Å². The highest BCUT2D eigenvalue weighted by Crippen LogP contribution is 2.30. The largest absolute Gasteiger partial charge is 0.480 e. The van der Waals surface area contributed by atoms with Gasteiger partial charge in [-0.25, -0.2) is 9.18 Å². The zero-order valence-corrected chi connectivity index (χ0v) is 17.2. The summed E-state index contributed by atoms with van der Waals surface area (Å²) in [6.07, 6.45) is 2.21. The highest BCUT2D eigenvalue weighted by atomic mass is 19.1. The molecule has 0 heterocycles. The van der Waals surface area contributed by atoms with Gasteiger partial charge in [0.1, 0.15) is 5.82 Å². The predicted molar refractivity (Wildman–Crippen MR) is 107 cm³/mol. The second kappa shape index (κ2) is 9.37. The quantitative estimate of drug-likeness (QED) is 0.631. The molecule has 2 rings (SSSR count). The number of urea groups is 1. The minimum Gasteiger partial charge on any atom is -0.480 e. The summed E-state index contributed by atoms with van der Waals surface area (Å²) in [5.74, 6) is -1.13. The Labute approximate surface area is 166 Å². The van der Waals surface area contributed by atoms with Crippen molar-refractivity contribution in [2.75, 3.05) is 13.1 Å². The maximum atomic E-state index is 13.2. The molecule has 6 nitrogen and oxygen atoms in total. The Bertz CT molecular complexity index is 666. The Hall–Kier alpha value is -2.15. The van der Waals surface area contributed by atoms with E-state index in [4.69, 9.17) is 5.11 Å². The van der Waals surface area contributed by atoms with E-state index in [1.165, 1.54) is 12.1 Å². The minimum absolute atomic E-state index is 0.00758. The first kappa shape index (κ1) is 22.1. The lowest BCUT2D eigenvalue weighted by Gasteiger charge is -2.42. The van der Waals surface area contributed by atoms with Crippen LogP contribution < -0.4 is 10.6 Å². The maximum absolute atomic E-state index is 13.2. The third kappa shape index (κ3) is 6.78. The summed E-state index contributed by atoms with van der Waals surface area (Å²) in [5.41, 5.74) is 0.864. The van der Waals surface area contributed by atoms with Gasteiger partial charge in [0.05, 0.1) is 12.6 Å². The number of aliphatic carboxylic acids is 1. The van der Waals surface area contributed by atoms with Gasteiger partial charge in [0.25, 0.3) is 0 Å². The second-order valence-electron chi connectivity index (χ2n) is 8.77. The first-order valence-electron chi connectivity index (χ1n) is 9.85. The van der Waals surface area contributed by atoms with E-state index < -0.39 is 5.97 Å². The van der Waals surface area contributed by atoms with Crippen molar-refractivity contribution in [1.29, 1.82) is 0 Å². The number of rotatable bonds is 8. The predicted octanol–water partition coefficient (Wildman–Crippen LogP) is 3.54. The number of carboxylic acids is 1. The average Bonchev–Trinajstić information content (AvgIpc) is 2.54. The van der Waals surface area contributed by atoms with E-state index in [0.717, 1.165) is 24.8 Å². The molecular weight excluding hydrogens is 361 g/mol. The van der Waals surface area contributed by atoms with Gasteiger partial charge in [0.2, 0.25) is 0 Å². The van der Waals surface area contributed by atoms with Gasteiger partial charge in [-0.2, -0.15) is 0 Å². The van der Waals surface area contributed by atoms with Crippen molar-refractivity contribution in [2.45, 2.75) is 65.1 Å². The number of hydrogen-bond donors (Lipinski definition) is 3. The highest BCUT2D eigenvalue weighted by Gasteiger charge is 2.35. The number of nitrogens with one attached hydrogen (secondary N) is 2. The van der Waals surface area contributed by atoms with Crippen LogP contribution >= 0.6 is 0 Å². The van der Waals surface area contributed by atoms with Gasteiger partial charge in [0, 0.05) is 12.1 Å². The number of nitrogens with zero attached hydrogens (tertiary/aromatic N) is 1. The lowest BCUT2D eigenvalue weighted by atomic mass is 9.85. The molecule has 1 aliphatic rings. The topological polar surface area (TPSA) is 81.7 Å². The number of likely N-dealkylation sites (N-methyl/N-ethyl adjacent to an activating group) is 1. The highest BCUT2D eigenvalue weighted by molar-refractivity contribution is 5.75. The standard InChI is InChI=1S/C21H32FN3O3/c1-5-25(13-19(26)27)17-10-16(11-17)23-20(28)24-18(12-21(2,3)4)14-6-8-15(22)9-7-14/h6-9,16-18H,5,10-13H2,1-4H3,(H,26,27)(H2,23,24,28). The van der Waals surface area contributed by atoms with Gasteiger partial charge in [-0.3, -0.25) is 9.69 Å². The summed E-state index contributed by atoms with van der Waals surface area (Å²) in [6.45, 7) is 8.94. The second-order valence-corrected chi connectivity index (χ2v) is 8.77. The van der Waals surface area contributed by atoms with Crippen LogP contribution in [0.4, 0.5) is 9.18 Å². The van der Waals surface area contributed by atoms with Crippen LogP contribution in [0.25, 0.3) is 0 Å². The average molecular weight is 394 g/mol. The van der Waals surface area contributed by atoms with Gasteiger partial charge in [0.15, 0.2) is 0 Å². The van der Waals surface area contributed by atoms with Crippen molar-refractivity contribution in [1.82, 2.24) is 15.5 Å². The van der Waals surface area contributed by atoms with Crippen molar-refractivity contribution in [2.24, 2.45) is 5.41 Å². The summed E-state index contributed by atoms with van der Waals surface area (Å²) >= 11 is 0. The van der Waals surface area contributed by atoms with Crippen molar-refractivity contribution >= 4 is 12.0 Å². The summed E-state index contributed by atoms with van der Waals surface area (Å²) in [6, 6.07) is 5.99. The molecule has 2 amide bonds. The normalized spacial score (nSPS) is 20.4. The van der Waals surface area contributed by atoms with Crippen molar-refractivity contribution < 1.29 is 19.1 Å².